The Labute approximate surface area is 162 Å². The van der Waals surface area contributed by atoms with Crippen LogP contribution in [0.4, 0.5) is 5.95 Å². The molecule has 0 atom stereocenters. The summed E-state index contributed by atoms with van der Waals surface area (Å²) in [5.74, 6) is 0.0584. The van der Waals surface area contributed by atoms with Gasteiger partial charge < -0.3 is 4.90 Å². The van der Waals surface area contributed by atoms with Crippen LogP contribution in [0.3, 0.4) is 0 Å². The first-order valence-corrected chi connectivity index (χ1v) is 9.37. The number of hydrogen-bond donors (Lipinski definition) is 2. The molecular formula is C17H22ClN5O2S. The first-order chi connectivity index (χ1) is 12.2. The van der Waals surface area contributed by atoms with Crippen molar-refractivity contribution in [1.82, 2.24) is 20.3 Å². The van der Waals surface area contributed by atoms with Gasteiger partial charge in [0.2, 0.25) is 5.95 Å². The molecule has 2 saturated heterocycles. The highest BCUT2D eigenvalue weighted by Gasteiger charge is 2.44. The molecule has 2 fully saturated rings. The summed E-state index contributed by atoms with van der Waals surface area (Å²) in [7, 11) is 0. The maximum Gasteiger partial charge on any atom is 0.277 e. The predicted molar refractivity (Wildman–Crippen MR) is 102 cm³/mol. The van der Waals surface area contributed by atoms with E-state index in [1.54, 1.807) is 16.8 Å². The number of halogens is 1. The van der Waals surface area contributed by atoms with Crippen molar-refractivity contribution in [2.75, 3.05) is 31.1 Å². The average Bonchev–Trinajstić information content (AvgIpc) is 3.14. The smallest absolute Gasteiger partial charge is 0.277 e. The van der Waals surface area contributed by atoms with Crippen LogP contribution in [0, 0.1) is 5.41 Å². The number of piperidine rings is 1. The molecule has 1 amide bonds. The lowest BCUT2D eigenvalue weighted by Gasteiger charge is -2.54. The second kappa shape index (κ2) is 7.87. The van der Waals surface area contributed by atoms with Crippen LogP contribution in [0.5, 0.6) is 0 Å². The van der Waals surface area contributed by atoms with Crippen molar-refractivity contribution in [3.05, 3.63) is 40.3 Å². The molecule has 0 bridgehead atoms. The van der Waals surface area contributed by atoms with Gasteiger partial charge in [-0.25, -0.2) is 15.4 Å². The molecule has 2 aliphatic rings. The number of likely N-dealkylation sites (tertiary alicyclic amines) is 1. The molecule has 7 nitrogen and oxygen atoms in total. The topological polar surface area (TPSA) is 81.6 Å². The molecule has 2 aliphatic heterocycles. The van der Waals surface area contributed by atoms with Crippen LogP contribution >= 0.6 is 23.7 Å². The molecule has 0 saturated carbocycles. The summed E-state index contributed by atoms with van der Waals surface area (Å²) in [5.41, 5.74) is 3.70. The van der Waals surface area contributed by atoms with E-state index in [0.29, 0.717) is 11.4 Å². The van der Waals surface area contributed by atoms with Gasteiger partial charge in [-0.1, -0.05) is 0 Å². The maximum absolute atomic E-state index is 11.3. The molecule has 140 valence electrons. The van der Waals surface area contributed by atoms with Gasteiger partial charge in [0.1, 0.15) is 0 Å². The zero-order valence-corrected chi connectivity index (χ0v) is 15.9. The number of carbonyl (C=O) groups excluding carboxylic acids is 1. The summed E-state index contributed by atoms with van der Waals surface area (Å²) in [6.45, 7) is 5.29. The molecule has 4 heterocycles. The van der Waals surface area contributed by atoms with Gasteiger partial charge in [0, 0.05) is 45.1 Å². The Hall–Kier alpha value is -1.74. The van der Waals surface area contributed by atoms with Gasteiger partial charge in [0.25, 0.3) is 5.91 Å². The predicted octanol–water partition coefficient (Wildman–Crippen LogP) is 2.18. The Bertz CT molecular complexity index is 724. The Kier molecular flexibility index (Phi) is 5.76. The lowest BCUT2D eigenvalue weighted by atomic mass is 9.72. The van der Waals surface area contributed by atoms with E-state index >= 15 is 0 Å². The summed E-state index contributed by atoms with van der Waals surface area (Å²) in [5, 5.41) is 13.0. The van der Waals surface area contributed by atoms with Crippen molar-refractivity contribution in [3.63, 3.8) is 0 Å². The van der Waals surface area contributed by atoms with Gasteiger partial charge in [0.15, 0.2) is 0 Å². The maximum atomic E-state index is 11.3. The number of anilines is 1. The number of hydrogen-bond acceptors (Lipinski definition) is 7. The average molecular weight is 396 g/mol. The number of amides is 1. The molecule has 0 aromatic carbocycles. The van der Waals surface area contributed by atoms with Crippen molar-refractivity contribution in [2.24, 2.45) is 5.41 Å². The van der Waals surface area contributed by atoms with E-state index in [0.717, 1.165) is 32.5 Å². The number of nitrogens with one attached hydrogen (secondary N) is 1. The van der Waals surface area contributed by atoms with Gasteiger partial charge in [-0.05, 0) is 40.6 Å². The van der Waals surface area contributed by atoms with Crippen molar-refractivity contribution in [3.8, 4) is 0 Å². The largest absolute Gasteiger partial charge is 0.341 e. The Morgan fingerprint density at radius 3 is 2.54 bits per heavy atom. The zero-order valence-electron chi connectivity index (χ0n) is 14.3. The van der Waals surface area contributed by atoms with Crippen molar-refractivity contribution >= 4 is 35.6 Å². The van der Waals surface area contributed by atoms with E-state index in [2.05, 4.69) is 36.6 Å². The minimum atomic E-state index is -0.593. The Morgan fingerprint density at radius 1 is 1.27 bits per heavy atom. The molecule has 9 heteroatoms. The van der Waals surface area contributed by atoms with E-state index in [1.165, 1.54) is 31.0 Å². The van der Waals surface area contributed by atoms with Gasteiger partial charge in [-0.15, -0.1) is 12.4 Å². The molecule has 2 aromatic heterocycles. The summed E-state index contributed by atoms with van der Waals surface area (Å²) < 4.78 is 0. The van der Waals surface area contributed by atoms with Crippen LogP contribution in [0.2, 0.25) is 0 Å². The fraction of sp³-hybridized carbons (Fsp3) is 0.471. The second-order valence-electron chi connectivity index (χ2n) is 6.98. The third kappa shape index (κ3) is 3.83. The van der Waals surface area contributed by atoms with Crippen LogP contribution < -0.4 is 10.4 Å². The van der Waals surface area contributed by atoms with Crippen LogP contribution in [-0.2, 0) is 6.54 Å². The van der Waals surface area contributed by atoms with Crippen LogP contribution in [0.1, 0.15) is 28.8 Å². The Balaban J connectivity index is 0.00000196. The fourth-order valence-corrected chi connectivity index (χ4v) is 4.48. The van der Waals surface area contributed by atoms with E-state index in [9.17, 15) is 4.79 Å². The minimum absolute atomic E-state index is 0. The van der Waals surface area contributed by atoms with Crippen molar-refractivity contribution in [1.29, 1.82) is 0 Å². The SMILES string of the molecule is Cl.O=C(NO)c1cnc(N2CCC3(CC2)CN(Cc2ccsc2)C3)nc1. The van der Waals surface area contributed by atoms with Gasteiger partial charge >= 0.3 is 0 Å². The summed E-state index contributed by atoms with van der Waals surface area (Å²) in [4.78, 5) is 24.5. The summed E-state index contributed by atoms with van der Waals surface area (Å²) in [6, 6.07) is 2.20. The van der Waals surface area contributed by atoms with Crippen LogP contribution in [-0.4, -0.2) is 52.2 Å². The van der Waals surface area contributed by atoms with Crippen molar-refractivity contribution in [2.45, 2.75) is 19.4 Å². The van der Waals surface area contributed by atoms with E-state index in [4.69, 9.17) is 5.21 Å². The monoisotopic (exact) mass is 395 g/mol. The normalized spacial score (nSPS) is 18.9. The summed E-state index contributed by atoms with van der Waals surface area (Å²) >= 11 is 1.76. The molecule has 0 aliphatic carbocycles. The van der Waals surface area contributed by atoms with Gasteiger partial charge in [-0.3, -0.25) is 14.9 Å². The number of nitrogens with zero attached hydrogens (tertiary/aromatic N) is 4. The van der Waals surface area contributed by atoms with Crippen LogP contribution in [0.15, 0.2) is 29.2 Å². The first-order valence-electron chi connectivity index (χ1n) is 8.42. The first kappa shape index (κ1) is 19.0. The molecule has 0 unspecified atom stereocenters. The number of thiophene rings is 1. The Morgan fingerprint density at radius 2 is 1.96 bits per heavy atom. The number of carbonyl (C=O) groups is 1. The lowest BCUT2D eigenvalue weighted by Crippen LogP contribution is -2.59. The number of hydroxylamine groups is 1. The third-order valence-electron chi connectivity index (χ3n) is 5.21. The quantitative estimate of drug-likeness (QED) is 0.610. The zero-order chi connectivity index (χ0) is 17.3. The molecule has 0 radical (unpaired) electrons. The molecule has 4 rings (SSSR count). The van der Waals surface area contributed by atoms with Crippen molar-refractivity contribution < 1.29 is 10.0 Å². The fourth-order valence-electron chi connectivity index (χ4n) is 3.82. The van der Waals surface area contributed by atoms with E-state index in [1.807, 2.05) is 0 Å². The minimum Gasteiger partial charge on any atom is -0.341 e. The highest BCUT2D eigenvalue weighted by Crippen LogP contribution is 2.41. The second-order valence-corrected chi connectivity index (χ2v) is 7.76. The molecular weight excluding hydrogens is 374 g/mol. The number of aromatic nitrogens is 2. The summed E-state index contributed by atoms with van der Waals surface area (Å²) in [6.07, 6.45) is 5.19. The van der Waals surface area contributed by atoms with Gasteiger partial charge in [-0.2, -0.15) is 11.3 Å². The standard InChI is InChI=1S/C17H21N5O2S.ClH/c23-15(20-24)14-7-18-16(19-8-14)22-4-2-17(3-5-22)11-21(12-17)9-13-1-6-25-10-13;/h1,6-8,10,24H,2-5,9,11-12H2,(H,20,23);1H. The van der Waals surface area contributed by atoms with E-state index in [-0.39, 0.29) is 18.0 Å². The molecule has 1 spiro atoms. The molecule has 2 N–H and O–H groups in total. The molecule has 26 heavy (non-hydrogen) atoms. The van der Waals surface area contributed by atoms with Gasteiger partial charge in [0.05, 0.1) is 5.56 Å². The highest BCUT2D eigenvalue weighted by atomic mass is 35.5. The number of rotatable bonds is 4. The molecule has 2 aromatic rings. The third-order valence-corrected chi connectivity index (χ3v) is 5.95. The van der Waals surface area contributed by atoms with Crippen LogP contribution in [0.25, 0.3) is 0 Å². The van der Waals surface area contributed by atoms with E-state index < -0.39 is 5.91 Å². The highest BCUT2D eigenvalue weighted by molar-refractivity contribution is 7.07. The lowest BCUT2D eigenvalue weighted by molar-refractivity contribution is -0.0241.